The minimum Gasteiger partial charge on any atom is -0.391 e. The van der Waals surface area contributed by atoms with Crippen molar-refractivity contribution in [1.29, 1.82) is 0 Å². The van der Waals surface area contributed by atoms with E-state index in [2.05, 4.69) is 29.3 Å². The van der Waals surface area contributed by atoms with Gasteiger partial charge in [0.2, 0.25) is 0 Å². The molecule has 3 rings (SSSR count). The minimum atomic E-state index is -0.315. The predicted octanol–water partition coefficient (Wildman–Crippen LogP) is 2.07. The summed E-state index contributed by atoms with van der Waals surface area (Å²) in [4.78, 5) is 2.55. The van der Waals surface area contributed by atoms with E-state index >= 15 is 0 Å². The zero-order valence-electron chi connectivity index (χ0n) is 14.9. The summed E-state index contributed by atoms with van der Waals surface area (Å²) >= 11 is 0. The van der Waals surface area contributed by atoms with E-state index in [1.165, 1.54) is 18.4 Å². The quantitative estimate of drug-likeness (QED) is 0.802. The van der Waals surface area contributed by atoms with Gasteiger partial charge >= 0.3 is 0 Å². The molecular formula is C20H32N2O2. The van der Waals surface area contributed by atoms with Crippen molar-refractivity contribution in [3.63, 3.8) is 0 Å². The summed E-state index contributed by atoms with van der Waals surface area (Å²) in [6.45, 7) is 7.30. The van der Waals surface area contributed by atoms with E-state index in [-0.39, 0.29) is 6.10 Å². The molecule has 1 aromatic rings. The summed E-state index contributed by atoms with van der Waals surface area (Å²) in [5.41, 5.74) is 1.20. The van der Waals surface area contributed by atoms with Crippen LogP contribution in [0.4, 0.5) is 0 Å². The van der Waals surface area contributed by atoms with Crippen LogP contribution in [0.5, 0.6) is 0 Å². The molecular weight excluding hydrogens is 300 g/mol. The molecule has 0 spiro atoms. The maximum atomic E-state index is 10.3. The summed E-state index contributed by atoms with van der Waals surface area (Å²) in [6, 6.07) is 10.7. The van der Waals surface area contributed by atoms with Crippen LogP contribution in [0.2, 0.25) is 0 Å². The third kappa shape index (κ3) is 5.28. The average Bonchev–Trinajstić information content (AvgIpc) is 3.08. The molecule has 4 atom stereocenters. The van der Waals surface area contributed by atoms with Gasteiger partial charge in [0.1, 0.15) is 0 Å². The SMILES string of the molecule is CC1CN(CC2CCCO2)CCC1NCC(O)Cc1ccccc1. The Morgan fingerprint density at radius 2 is 2.12 bits per heavy atom. The van der Waals surface area contributed by atoms with Crippen LogP contribution in [-0.2, 0) is 11.2 Å². The highest BCUT2D eigenvalue weighted by atomic mass is 16.5. The van der Waals surface area contributed by atoms with Crippen LogP contribution < -0.4 is 5.32 Å². The molecule has 4 unspecified atom stereocenters. The molecule has 0 aliphatic carbocycles. The first kappa shape index (κ1) is 17.9. The lowest BCUT2D eigenvalue weighted by molar-refractivity contribution is 0.0495. The normalized spacial score (nSPS) is 29.7. The highest BCUT2D eigenvalue weighted by Crippen LogP contribution is 2.20. The second kappa shape index (κ2) is 8.95. The number of ether oxygens (including phenoxy) is 1. The molecule has 134 valence electrons. The van der Waals surface area contributed by atoms with E-state index in [4.69, 9.17) is 4.74 Å². The van der Waals surface area contributed by atoms with E-state index in [1.807, 2.05) is 18.2 Å². The second-order valence-electron chi connectivity index (χ2n) is 7.52. The molecule has 2 saturated heterocycles. The van der Waals surface area contributed by atoms with Gasteiger partial charge in [-0.3, -0.25) is 0 Å². The molecule has 1 aromatic carbocycles. The number of rotatable bonds is 7. The first-order chi connectivity index (χ1) is 11.7. The molecule has 4 heteroatoms. The first-order valence-electron chi connectivity index (χ1n) is 9.50. The first-order valence-corrected chi connectivity index (χ1v) is 9.50. The monoisotopic (exact) mass is 332 g/mol. The fourth-order valence-corrected chi connectivity index (χ4v) is 4.02. The third-order valence-corrected chi connectivity index (χ3v) is 5.41. The van der Waals surface area contributed by atoms with Gasteiger partial charge in [-0.05, 0) is 43.7 Å². The lowest BCUT2D eigenvalue weighted by Gasteiger charge is -2.38. The van der Waals surface area contributed by atoms with Gasteiger partial charge in [0.05, 0.1) is 12.2 Å². The molecule has 2 N–H and O–H groups in total. The van der Waals surface area contributed by atoms with Gasteiger partial charge in [-0.2, -0.15) is 0 Å². The van der Waals surface area contributed by atoms with Gasteiger partial charge in [-0.1, -0.05) is 37.3 Å². The molecule has 0 aromatic heterocycles. The third-order valence-electron chi connectivity index (χ3n) is 5.41. The Morgan fingerprint density at radius 1 is 1.29 bits per heavy atom. The minimum absolute atomic E-state index is 0.315. The zero-order chi connectivity index (χ0) is 16.8. The Balaban J connectivity index is 1.37. The van der Waals surface area contributed by atoms with E-state index in [0.717, 1.165) is 39.1 Å². The van der Waals surface area contributed by atoms with Gasteiger partial charge < -0.3 is 20.1 Å². The van der Waals surface area contributed by atoms with Crippen LogP contribution >= 0.6 is 0 Å². The van der Waals surface area contributed by atoms with Crippen molar-refractivity contribution in [3.05, 3.63) is 35.9 Å². The maximum Gasteiger partial charge on any atom is 0.0704 e. The van der Waals surface area contributed by atoms with Crippen molar-refractivity contribution in [1.82, 2.24) is 10.2 Å². The number of likely N-dealkylation sites (tertiary alicyclic amines) is 1. The second-order valence-corrected chi connectivity index (χ2v) is 7.52. The summed E-state index contributed by atoms with van der Waals surface area (Å²) in [5.74, 6) is 0.615. The van der Waals surface area contributed by atoms with Crippen LogP contribution in [0.15, 0.2) is 30.3 Å². The standard InChI is InChI=1S/C20H32N2O2/c1-16-14-22(15-19-8-5-11-24-19)10-9-20(16)21-13-18(23)12-17-6-3-2-4-7-17/h2-4,6-7,16,18-21,23H,5,8-15H2,1H3. The van der Waals surface area contributed by atoms with Crippen LogP contribution in [0.3, 0.4) is 0 Å². The summed E-state index contributed by atoms with van der Waals surface area (Å²) in [6.07, 6.45) is 4.46. The molecule has 4 nitrogen and oxygen atoms in total. The van der Waals surface area contributed by atoms with Crippen LogP contribution in [0, 0.1) is 5.92 Å². The largest absolute Gasteiger partial charge is 0.391 e. The molecule has 24 heavy (non-hydrogen) atoms. The predicted molar refractivity (Wildman–Crippen MR) is 97.1 cm³/mol. The van der Waals surface area contributed by atoms with Crippen molar-refractivity contribution in [2.45, 2.75) is 50.9 Å². The zero-order valence-corrected chi connectivity index (χ0v) is 14.9. The number of hydrogen-bond donors (Lipinski definition) is 2. The van der Waals surface area contributed by atoms with Crippen LogP contribution in [0.1, 0.15) is 31.7 Å². The fourth-order valence-electron chi connectivity index (χ4n) is 4.02. The molecule has 0 saturated carbocycles. The van der Waals surface area contributed by atoms with Crippen LogP contribution in [0.25, 0.3) is 0 Å². The Hall–Kier alpha value is -0.940. The lowest BCUT2D eigenvalue weighted by Crippen LogP contribution is -2.51. The van der Waals surface area contributed by atoms with Gasteiger partial charge in [0.25, 0.3) is 0 Å². The maximum absolute atomic E-state index is 10.3. The van der Waals surface area contributed by atoms with Gasteiger partial charge in [-0.15, -0.1) is 0 Å². The van der Waals surface area contributed by atoms with Crippen molar-refractivity contribution in [3.8, 4) is 0 Å². The summed E-state index contributed by atoms with van der Waals surface area (Å²) in [7, 11) is 0. The number of aliphatic hydroxyl groups excluding tert-OH is 1. The van der Waals surface area contributed by atoms with Crippen molar-refractivity contribution < 1.29 is 9.84 Å². The van der Waals surface area contributed by atoms with Gasteiger partial charge in [0, 0.05) is 32.3 Å². The van der Waals surface area contributed by atoms with E-state index in [1.54, 1.807) is 0 Å². The number of piperidine rings is 1. The van der Waals surface area contributed by atoms with Gasteiger partial charge in [-0.25, -0.2) is 0 Å². The topological polar surface area (TPSA) is 44.7 Å². The number of nitrogens with zero attached hydrogens (tertiary/aromatic N) is 1. The highest BCUT2D eigenvalue weighted by Gasteiger charge is 2.28. The fraction of sp³-hybridized carbons (Fsp3) is 0.700. The summed E-state index contributed by atoms with van der Waals surface area (Å²) < 4.78 is 5.76. The molecule has 2 heterocycles. The lowest BCUT2D eigenvalue weighted by atomic mass is 9.93. The Bertz CT molecular complexity index is 476. The smallest absolute Gasteiger partial charge is 0.0704 e. The number of aliphatic hydroxyl groups is 1. The molecule has 2 aliphatic rings. The summed E-state index contributed by atoms with van der Waals surface area (Å²) in [5, 5.41) is 13.9. The van der Waals surface area contributed by atoms with E-state index < -0.39 is 0 Å². The Kier molecular flexibility index (Phi) is 6.67. The van der Waals surface area contributed by atoms with Gasteiger partial charge in [0.15, 0.2) is 0 Å². The van der Waals surface area contributed by atoms with Crippen LogP contribution in [-0.4, -0.2) is 61.0 Å². The number of nitrogens with one attached hydrogen (secondary N) is 1. The Labute approximate surface area is 146 Å². The molecule has 0 bridgehead atoms. The molecule has 0 amide bonds. The Morgan fingerprint density at radius 3 is 2.83 bits per heavy atom. The van der Waals surface area contributed by atoms with Crippen molar-refractivity contribution in [2.75, 3.05) is 32.8 Å². The number of hydrogen-bond acceptors (Lipinski definition) is 4. The van der Waals surface area contributed by atoms with Crippen molar-refractivity contribution in [2.24, 2.45) is 5.92 Å². The van der Waals surface area contributed by atoms with E-state index in [0.29, 0.717) is 24.6 Å². The highest BCUT2D eigenvalue weighted by molar-refractivity contribution is 5.15. The van der Waals surface area contributed by atoms with E-state index in [9.17, 15) is 5.11 Å². The molecule has 0 radical (unpaired) electrons. The van der Waals surface area contributed by atoms with Crippen molar-refractivity contribution >= 4 is 0 Å². The number of benzene rings is 1. The molecule has 2 aliphatic heterocycles. The average molecular weight is 332 g/mol. The molecule has 2 fully saturated rings.